The number of rotatable bonds is 11. The molecule has 35 heavy (non-hydrogen) atoms. The summed E-state index contributed by atoms with van der Waals surface area (Å²) in [5.74, 6) is -2.72. The van der Waals surface area contributed by atoms with E-state index < -0.39 is 48.1 Å². The zero-order valence-electron chi connectivity index (χ0n) is 20.3. The van der Waals surface area contributed by atoms with Gasteiger partial charge in [-0.25, -0.2) is 13.9 Å². The van der Waals surface area contributed by atoms with E-state index in [9.17, 15) is 14.4 Å². The molecule has 11 nitrogen and oxygen atoms in total. The molecule has 13 heteroatoms. The molecule has 0 aromatic carbocycles. The van der Waals surface area contributed by atoms with E-state index in [2.05, 4.69) is 20.5 Å². The molecule has 0 fully saturated rings. The van der Waals surface area contributed by atoms with Gasteiger partial charge in [-0.3, -0.25) is 9.59 Å². The van der Waals surface area contributed by atoms with Crippen LogP contribution in [0.15, 0.2) is 18.3 Å². The third-order valence-corrected chi connectivity index (χ3v) is 5.32. The van der Waals surface area contributed by atoms with Crippen molar-refractivity contribution in [2.45, 2.75) is 70.7 Å². The van der Waals surface area contributed by atoms with Crippen molar-refractivity contribution in [1.29, 1.82) is 0 Å². The van der Waals surface area contributed by atoms with Gasteiger partial charge in [0.1, 0.15) is 15.5 Å². The molecule has 0 aliphatic rings. The maximum atomic E-state index is 15.4. The van der Waals surface area contributed by atoms with Gasteiger partial charge < -0.3 is 14.2 Å². The van der Waals surface area contributed by atoms with E-state index in [0.717, 1.165) is 18.2 Å². The predicted molar refractivity (Wildman–Crippen MR) is 129 cm³/mol. The molecule has 2 aromatic heterocycles. The second kappa shape index (κ2) is 12.3. The first-order chi connectivity index (χ1) is 16.4. The lowest BCUT2D eigenvalue weighted by atomic mass is 9.79. The monoisotopic (exact) mass is 605 g/mol. The summed E-state index contributed by atoms with van der Waals surface area (Å²) in [6, 6.07) is 2.95. The van der Waals surface area contributed by atoms with Crippen molar-refractivity contribution in [2.75, 3.05) is 13.7 Å². The molecule has 0 saturated heterocycles. The largest absolute Gasteiger partial charge is 0.468 e. The Morgan fingerprint density at radius 2 is 1.86 bits per heavy atom. The number of alkyl halides is 1. The van der Waals surface area contributed by atoms with Gasteiger partial charge in [0, 0.05) is 6.42 Å². The average molecular weight is 605 g/mol. The molecule has 192 valence electrons. The third kappa shape index (κ3) is 7.64. The number of carbonyl (C=O) groups excluding carboxylic acids is 3. The number of hydrogen-bond acceptors (Lipinski definition) is 10. The van der Waals surface area contributed by atoms with Crippen molar-refractivity contribution < 1.29 is 33.0 Å². The lowest BCUT2D eigenvalue weighted by Gasteiger charge is -2.29. The van der Waals surface area contributed by atoms with E-state index in [0.29, 0.717) is 10.1 Å². The Bertz CT molecular complexity index is 1030. The number of carbonyl (C=O) groups is 3. The SMILES string of the molecule is CCCCOC(=O)C(C[C@@H](F)Cn1cc(C(=O)OC(C)(C)C)nn1)(C(=O)OC)c1ccc(I)nn1. The van der Waals surface area contributed by atoms with Gasteiger partial charge in [-0.15, -0.1) is 10.2 Å². The molecule has 0 spiro atoms. The van der Waals surface area contributed by atoms with Gasteiger partial charge in [-0.1, -0.05) is 18.6 Å². The Hall–Kier alpha value is -2.71. The first-order valence-electron chi connectivity index (χ1n) is 11.0. The Labute approximate surface area is 216 Å². The Morgan fingerprint density at radius 3 is 2.43 bits per heavy atom. The van der Waals surface area contributed by atoms with E-state index in [-0.39, 0.29) is 18.0 Å². The molecule has 1 unspecified atom stereocenters. The van der Waals surface area contributed by atoms with Crippen LogP contribution in [0.1, 0.15) is 63.1 Å². The highest BCUT2D eigenvalue weighted by atomic mass is 127. The van der Waals surface area contributed by atoms with Gasteiger partial charge in [0.2, 0.25) is 5.41 Å². The summed E-state index contributed by atoms with van der Waals surface area (Å²) in [6.45, 7) is 6.65. The second-order valence-corrected chi connectivity index (χ2v) is 9.86. The lowest BCUT2D eigenvalue weighted by molar-refractivity contribution is -0.165. The van der Waals surface area contributed by atoms with E-state index in [1.54, 1.807) is 20.8 Å². The van der Waals surface area contributed by atoms with Crippen molar-refractivity contribution in [2.24, 2.45) is 0 Å². The minimum absolute atomic E-state index is 0.0468. The highest BCUT2D eigenvalue weighted by Crippen LogP contribution is 2.33. The highest BCUT2D eigenvalue weighted by molar-refractivity contribution is 14.1. The van der Waals surface area contributed by atoms with Crippen LogP contribution in [0.25, 0.3) is 0 Å². The number of hydrogen-bond donors (Lipinski definition) is 0. The number of unbranched alkanes of at least 4 members (excludes halogenated alkanes) is 1. The molecule has 0 aliphatic carbocycles. The van der Waals surface area contributed by atoms with Crippen molar-refractivity contribution in [1.82, 2.24) is 25.2 Å². The van der Waals surface area contributed by atoms with Crippen LogP contribution in [-0.4, -0.2) is 68.6 Å². The van der Waals surface area contributed by atoms with Crippen LogP contribution in [0.5, 0.6) is 0 Å². The fourth-order valence-electron chi connectivity index (χ4n) is 3.13. The van der Waals surface area contributed by atoms with E-state index in [1.165, 1.54) is 18.3 Å². The highest BCUT2D eigenvalue weighted by Gasteiger charge is 2.53. The topological polar surface area (TPSA) is 135 Å². The lowest BCUT2D eigenvalue weighted by Crippen LogP contribution is -2.49. The Balaban J connectivity index is 2.33. The third-order valence-electron chi connectivity index (χ3n) is 4.74. The normalized spacial score (nSPS) is 14.0. The predicted octanol–water partition coefficient (Wildman–Crippen LogP) is 2.81. The fraction of sp³-hybridized carbons (Fsp3) is 0.591. The summed E-state index contributed by atoms with van der Waals surface area (Å²) in [7, 11) is 1.09. The van der Waals surface area contributed by atoms with Gasteiger partial charge in [-0.05, 0) is 61.9 Å². The summed E-state index contributed by atoms with van der Waals surface area (Å²) in [4.78, 5) is 38.3. The van der Waals surface area contributed by atoms with Crippen molar-refractivity contribution in [3.63, 3.8) is 0 Å². The number of methoxy groups -OCH3 is 1. The molecule has 2 aromatic rings. The first kappa shape index (κ1) is 28.5. The minimum atomic E-state index is -2.19. The van der Waals surface area contributed by atoms with Crippen LogP contribution in [0.3, 0.4) is 0 Å². The zero-order valence-corrected chi connectivity index (χ0v) is 22.4. The van der Waals surface area contributed by atoms with Gasteiger partial charge >= 0.3 is 17.9 Å². The van der Waals surface area contributed by atoms with Gasteiger partial charge in [-0.2, -0.15) is 5.10 Å². The van der Waals surface area contributed by atoms with Crippen LogP contribution in [0.4, 0.5) is 4.39 Å². The summed E-state index contributed by atoms with van der Waals surface area (Å²) >= 11 is 1.92. The summed E-state index contributed by atoms with van der Waals surface area (Å²) in [5.41, 5.74) is -3.12. The molecular weight excluding hydrogens is 576 g/mol. The van der Waals surface area contributed by atoms with Gasteiger partial charge in [0.15, 0.2) is 5.69 Å². The number of nitrogens with zero attached hydrogens (tertiary/aromatic N) is 5. The molecule has 0 N–H and O–H groups in total. The number of aromatic nitrogens is 5. The standard InChI is InChI=1S/C22H29FIN5O6/c1-6-7-10-34-20(32)22(19(31)33-5,16-8-9-17(24)27-26-16)11-14(23)12-29-13-15(25-28-29)18(30)35-21(2,3)4/h8-9,13-14H,6-7,10-12H2,1-5H3/t14-,22?/m1/s1. The summed E-state index contributed by atoms with van der Waals surface area (Å²) in [6.07, 6.45) is 0.0842. The number of ether oxygens (including phenoxy) is 3. The van der Waals surface area contributed by atoms with Crippen molar-refractivity contribution >= 4 is 40.5 Å². The Morgan fingerprint density at radius 1 is 1.14 bits per heavy atom. The molecule has 2 atom stereocenters. The fourth-order valence-corrected chi connectivity index (χ4v) is 3.41. The summed E-state index contributed by atoms with van der Waals surface area (Å²) < 4.78 is 32.4. The molecule has 0 amide bonds. The van der Waals surface area contributed by atoms with Gasteiger partial charge in [0.05, 0.1) is 32.2 Å². The van der Waals surface area contributed by atoms with Gasteiger partial charge in [0.25, 0.3) is 0 Å². The number of esters is 3. The molecule has 0 saturated carbocycles. The average Bonchev–Trinajstić information content (AvgIpc) is 3.25. The second-order valence-electron chi connectivity index (χ2n) is 8.76. The van der Waals surface area contributed by atoms with E-state index >= 15 is 4.39 Å². The van der Waals surface area contributed by atoms with E-state index in [1.807, 2.05) is 29.5 Å². The summed E-state index contributed by atoms with van der Waals surface area (Å²) in [5, 5.41) is 15.3. The first-order valence-corrected chi connectivity index (χ1v) is 12.0. The molecule has 0 aliphatic heterocycles. The van der Waals surface area contributed by atoms with Crippen LogP contribution < -0.4 is 0 Å². The maximum absolute atomic E-state index is 15.4. The molecule has 0 radical (unpaired) electrons. The Kier molecular flexibility index (Phi) is 10.0. The molecule has 2 rings (SSSR count). The van der Waals surface area contributed by atoms with Crippen molar-refractivity contribution in [3.8, 4) is 0 Å². The molecular formula is C22H29FIN5O6. The van der Waals surface area contributed by atoms with E-state index in [4.69, 9.17) is 14.2 Å². The zero-order chi connectivity index (χ0) is 26.2. The molecule has 0 bridgehead atoms. The smallest absolute Gasteiger partial charge is 0.361 e. The van der Waals surface area contributed by atoms with Crippen LogP contribution in [0, 0.1) is 3.70 Å². The van der Waals surface area contributed by atoms with Crippen LogP contribution in [0.2, 0.25) is 0 Å². The van der Waals surface area contributed by atoms with Crippen molar-refractivity contribution in [3.05, 3.63) is 33.4 Å². The van der Waals surface area contributed by atoms with Crippen LogP contribution >= 0.6 is 22.6 Å². The van der Waals surface area contributed by atoms with Crippen LogP contribution in [-0.2, 0) is 35.8 Å². The molecule has 2 heterocycles. The maximum Gasteiger partial charge on any atom is 0.361 e. The number of halogens is 2. The quantitative estimate of drug-likeness (QED) is 0.124. The minimum Gasteiger partial charge on any atom is -0.468 e.